The van der Waals surface area contributed by atoms with E-state index in [1.54, 1.807) is 7.11 Å². The molecule has 1 aromatic heterocycles. The number of aliphatic imine (C=N–C) groups is 1. The summed E-state index contributed by atoms with van der Waals surface area (Å²) in [5.41, 5.74) is 4.27. The third kappa shape index (κ3) is 3.10. The van der Waals surface area contributed by atoms with E-state index in [1.807, 2.05) is 54.6 Å². The van der Waals surface area contributed by atoms with E-state index in [1.165, 1.54) is 11.1 Å². The van der Waals surface area contributed by atoms with E-state index in [2.05, 4.69) is 29.2 Å². The second kappa shape index (κ2) is 7.13. The van der Waals surface area contributed by atoms with Crippen molar-refractivity contribution >= 4 is 16.8 Å². The number of pyridine rings is 1. The minimum absolute atomic E-state index is 0.0744. The number of aromatic nitrogens is 1. The number of benzene rings is 3. The molecule has 0 saturated heterocycles. The summed E-state index contributed by atoms with van der Waals surface area (Å²) in [5.74, 6) is 2.58. The molecule has 1 aliphatic heterocycles. The van der Waals surface area contributed by atoms with Crippen molar-refractivity contribution < 1.29 is 14.2 Å². The maximum absolute atomic E-state index is 6.21. The van der Waals surface area contributed by atoms with E-state index in [0.29, 0.717) is 17.5 Å². The van der Waals surface area contributed by atoms with Crippen LogP contribution in [0, 0.1) is 0 Å². The highest BCUT2D eigenvalue weighted by molar-refractivity contribution is 5.96. The van der Waals surface area contributed by atoms with Gasteiger partial charge in [-0.2, -0.15) is 0 Å². The number of para-hydroxylation sites is 1. The lowest BCUT2D eigenvalue weighted by Crippen LogP contribution is -2.13. The van der Waals surface area contributed by atoms with Crippen molar-refractivity contribution in [2.75, 3.05) is 7.11 Å². The first-order chi connectivity index (χ1) is 15.3. The van der Waals surface area contributed by atoms with Crippen molar-refractivity contribution in [2.45, 2.75) is 18.6 Å². The number of hydrogen-bond acceptors (Lipinski definition) is 5. The predicted molar refractivity (Wildman–Crippen MR) is 119 cm³/mol. The van der Waals surface area contributed by atoms with Gasteiger partial charge in [-0.3, -0.25) is 0 Å². The van der Waals surface area contributed by atoms with Gasteiger partial charge in [0, 0.05) is 23.4 Å². The van der Waals surface area contributed by atoms with Gasteiger partial charge in [0.05, 0.1) is 7.11 Å². The Morgan fingerprint density at radius 1 is 0.935 bits per heavy atom. The highest BCUT2D eigenvalue weighted by atomic mass is 16.5. The van der Waals surface area contributed by atoms with Crippen LogP contribution >= 0.6 is 0 Å². The molecule has 0 fully saturated rings. The van der Waals surface area contributed by atoms with E-state index in [0.717, 1.165) is 28.6 Å². The van der Waals surface area contributed by atoms with Crippen LogP contribution in [0.5, 0.6) is 17.4 Å². The maximum Gasteiger partial charge on any atom is 0.219 e. The minimum atomic E-state index is 0.0744. The Balaban J connectivity index is 1.28. The zero-order valence-corrected chi connectivity index (χ0v) is 17.0. The van der Waals surface area contributed by atoms with Gasteiger partial charge in [0.25, 0.3) is 0 Å². The fraction of sp³-hybridized carbons (Fsp3) is 0.154. The van der Waals surface area contributed by atoms with Gasteiger partial charge >= 0.3 is 0 Å². The highest BCUT2D eigenvalue weighted by Gasteiger charge is 2.39. The van der Waals surface area contributed by atoms with Crippen molar-refractivity contribution in [3.8, 4) is 17.4 Å². The summed E-state index contributed by atoms with van der Waals surface area (Å²) in [6.45, 7) is 0. The first kappa shape index (κ1) is 18.0. The topological polar surface area (TPSA) is 52.9 Å². The molecule has 0 saturated carbocycles. The smallest absolute Gasteiger partial charge is 0.219 e. The van der Waals surface area contributed by atoms with Gasteiger partial charge in [0.1, 0.15) is 29.2 Å². The van der Waals surface area contributed by atoms with Crippen LogP contribution in [0.1, 0.15) is 22.7 Å². The Morgan fingerprint density at radius 2 is 1.84 bits per heavy atom. The number of ether oxygens (including phenoxy) is 3. The van der Waals surface area contributed by atoms with Gasteiger partial charge < -0.3 is 14.2 Å². The average molecular weight is 408 g/mol. The molecular formula is C26H20N2O3. The van der Waals surface area contributed by atoms with Crippen LogP contribution < -0.4 is 9.47 Å². The van der Waals surface area contributed by atoms with Gasteiger partial charge in [-0.05, 0) is 41.5 Å². The number of hydrogen-bond donors (Lipinski definition) is 0. The lowest BCUT2D eigenvalue weighted by atomic mass is 10.1. The molecule has 31 heavy (non-hydrogen) atoms. The quantitative estimate of drug-likeness (QED) is 0.449. The SMILES string of the molecule is COc1cccc2ccc(Oc3cccc(C4=N[C@H]5c6ccccc6C[C@H]5O4)c3)nc12. The van der Waals surface area contributed by atoms with Crippen LogP contribution in [-0.4, -0.2) is 24.1 Å². The summed E-state index contributed by atoms with van der Waals surface area (Å²) in [6, 6.07) is 26.0. The largest absolute Gasteiger partial charge is 0.494 e. The molecule has 6 rings (SSSR count). The van der Waals surface area contributed by atoms with E-state index in [-0.39, 0.29) is 12.1 Å². The summed E-state index contributed by atoms with van der Waals surface area (Å²) in [5, 5.41) is 1.00. The normalized spacial score (nSPS) is 18.8. The van der Waals surface area contributed by atoms with Gasteiger partial charge in [-0.1, -0.05) is 42.5 Å². The Labute approximate surface area is 179 Å². The number of rotatable bonds is 4. The lowest BCUT2D eigenvalue weighted by Gasteiger charge is -2.11. The summed E-state index contributed by atoms with van der Waals surface area (Å²) >= 11 is 0. The summed E-state index contributed by atoms with van der Waals surface area (Å²) in [4.78, 5) is 9.51. The monoisotopic (exact) mass is 408 g/mol. The van der Waals surface area contributed by atoms with Crippen LogP contribution in [0.3, 0.4) is 0 Å². The third-order valence-corrected chi connectivity index (χ3v) is 5.85. The first-order valence-electron chi connectivity index (χ1n) is 10.3. The Hall–Kier alpha value is -3.86. The maximum atomic E-state index is 6.21. The van der Waals surface area contributed by atoms with Gasteiger partial charge in [-0.15, -0.1) is 0 Å². The Morgan fingerprint density at radius 3 is 2.77 bits per heavy atom. The van der Waals surface area contributed by atoms with Crippen molar-refractivity contribution in [1.29, 1.82) is 0 Å². The number of methoxy groups -OCH3 is 1. The number of nitrogens with zero attached hydrogens (tertiary/aromatic N) is 2. The van der Waals surface area contributed by atoms with E-state index in [9.17, 15) is 0 Å². The van der Waals surface area contributed by atoms with Crippen LogP contribution in [0.25, 0.3) is 10.9 Å². The highest BCUT2D eigenvalue weighted by Crippen LogP contribution is 2.41. The molecule has 5 nitrogen and oxygen atoms in total. The molecule has 0 radical (unpaired) electrons. The molecule has 0 N–H and O–H groups in total. The predicted octanol–water partition coefficient (Wildman–Crippen LogP) is 5.48. The van der Waals surface area contributed by atoms with Gasteiger partial charge in [0.15, 0.2) is 0 Å². The van der Waals surface area contributed by atoms with Crippen LogP contribution in [0.15, 0.2) is 83.9 Å². The molecule has 3 aromatic carbocycles. The molecule has 2 heterocycles. The number of fused-ring (bicyclic) bond motifs is 4. The van der Waals surface area contributed by atoms with Gasteiger partial charge in [-0.25, -0.2) is 9.98 Å². The molecule has 5 heteroatoms. The van der Waals surface area contributed by atoms with Gasteiger partial charge in [0.2, 0.25) is 11.8 Å². The van der Waals surface area contributed by atoms with Crippen LogP contribution in [0.4, 0.5) is 0 Å². The molecule has 2 aliphatic rings. The van der Waals surface area contributed by atoms with Crippen molar-refractivity contribution in [2.24, 2.45) is 4.99 Å². The zero-order chi connectivity index (χ0) is 20.8. The summed E-state index contributed by atoms with van der Waals surface area (Å²) in [6.07, 6.45) is 0.971. The molecular weight excluding hydrogens is 388 g/mol. The summed E-state index contributed by atoms with van der Waals surface area (Å²) in [7, 11) is 1.64. The molecule has 1 aliphatic carbocycles. The molecule has 0 amide bonds. The minimum Gasteiger partial charge on any atom is -0.494 e. The Kier molecular flexibility index (Phi) is 4.13. The fourth-order valence-corrected chi connectivity index (χ4v) is 4.38. The molecule has 4 aromatic rings. The van der Waals surface area contributed by atoms with Crippen LogP contribution in [0.2, 0.25) is 0 Å². The third-order valence-electron chi connectivity index (χ3n) is 5.85. The Bertz CT molecular complexity index is 1330. The molecule has 0 bridgehead atoms. The second-order valence-corrected chi connectivity index (χ2v) is 7.75. The van der Waals surface area contributed by atoms with Crippen molar-refractivity contribution in [1.82, 2.24) is 4.98 Å². The van der Waals surface area contributed by atoms with E-state index >= 15 is 0 Å². The standard InChI is InChI=1S/C26H20N2O3/c1-29-21-11-5-7-16-12-13-23(27-24(16)21)30-19-9-4-8-18(14-19)26-28-25-20-10-3-2-6-17(20)15-22(25)31-26/h2-14,22,25H,15H2,1H3/t22-,25+/m1/s1. The average Bonchev–Trinajstić information content (AvgIpc) is 3.37. The van der Waals surface area contributed by atoms with E-state index in [4.69, 9.17) is 19.2 Å². The summed E-state index contributed by atoms with van der Waals surface area (Å²) < 4.78 is 17.7. The van der Waals surface area contributed by atoms with Crippen molar-refractivity contribution in [3.63, 3.8) is 0 Å². The molecule has 152 valence electrons. The zero-order valence-electron chi connectivity index (χ0n) is 17.0. The van der Waals surface area contributed by atoms with E-state index < -0.39 is 0 Å². The second-order valence-electron chi connectivity index (χ2n) is 7.75. The van der Waals surface area contributed by atoms with Crippen molar-refractivity contribution in [3.05, 3.63) is 95.6 Å². The lowest BCUT2D eigenvalue weighted by molar-refractivity contribution is 0.206. The first-order valence-corrected chi connectivity index (χ1v) is 10.3. The molecule has 0 spiro atoms. The van der Waals surface area contributed by atoms with Crippen LogP contribution in [-0.2, 0) is 11.2 Å². The fourth-order valence-electron chi connectivity index (χ4n) is 4.38. The molecule has 0 unspecified atom stereocenters. The molecule has 2 atom stereocenters.